The summed E-state index contributed by atoms with van der Waals surface area (Å²) >= 11 is 6.04. The Morgan fingerprint density at radius 1 is 1.06 bits per heavy atom. The number of nitrogens with one attached hydrogen (secondary N) is 1. The summed E-state index contributed by atoms with van der Waals surface area (Å²) in [7, 11) is 0. The summed E-state index contributed by atoms with van der Waals surface area (Å²) in [5.74, 6) is 1.18. The van der Waals surface area contributed by atoms with Crippen LogP contribution in [0.4, 0.5) is 5.82 Å². The van der Waals surface area contributed by atoms with E-state index in [1.54, 1.807) is 0 Å². The van der Waals surface area contributed by atoms with Gasteiger partial charge in [0, 0.05) is 54.0 Å². The fourth-order valence-electron chi connectivity index (χ4n) is 4.59. The molecule has 0 unspecified atom stereocenters. The molecule has 1 fully saturated rings. The molecule has 34 heavy (non-hydrogen) atoms. The first-order chi connectivity index (χ1) is 16.5. The molecule has 2 aromatic carbocycles. The van der Waals surface area contributed by atoms with Crippen molar-refractivity contribution in [2.75, 3.05) is 18.0 Å². The number of halogens is 1. The van der Waals surface area contributed by atoms with E-state index in [1.165, 1.54) is 5.56 Å². The summed E-state index contributed by atoms with van der Waals surface area (Å²) in [6.07, 6.45) is 1.63. The van der Waals surface area contributed by atoms with Crippen LogP contribution in [-0.2, 0) is 11.3 Å². The van der Waals surface area contributed by atoms with E-state index in [-0.39, 0.29) is 11.8 Å². The number of carbonyl (C=O) groups is 1. The summed E-state index contributed by atoms with van der Waals surface area (Å²) in [5.41, 5.74) is 5.97. The van der Waals surface area contributed by atoms with Crippen molar-refractivity contribution in [1.29, 1.82) is 0 Å². The number of rotatable bonds is 5. The number of amides is 1. The van der Waals surface area contributed by atoms with Crippen LogP contribution in [0, 0.1) is 19.8 Å². The SMILES string of the molecule is Cc1cccc(CNC(=O)C2CCN(c3cc(C)nc4cc(-c5ccc(Cl)cc5)nn34)CC2)c1. The number of nitrogens with zero attached hydrogens (tertiary/aromatic N) is 4. The lowest BCUT2D eigenvalue weighted by Gasteiger charge is -2.33. The summed E-state index contributed by atoms with van der Waals surface area (Å²) in [4.78, 5) is 19.8. The lowest BCUT2D eigenvalue weighted by molar-refractivity contribution is -0.125. The maximum absolute atomic E-state index is 12.8. The van der Waals surface area contributed by atoms with Gasteiger partial charge in [-0.3, -0.25) is 4.79 Å². The van der Waals surface area contributed by atoms with Crippen LogP contribution >= 0.6 is 11.6 Å². The standard InChI is InChI=1S/C27H28ClN5O/c1-18-4-3-5-20(14-18)17-29-27(34)22-10-12-32(13-11-22)26-15-19(2)30-25-16-24(31-33(25)26)21-6-8-23(28)9-7-21/h3-9,14-16,22H,10-13,17H2,1-2H3,(H,29,34). The number of aromatic nitrogens is 3. The zero-order valence-corrected chi connectivity index (χ0v) is 20.2. The smallest absolute Gasteiger partial charge is 0.223 e. The van der Waals surface area contributed by atoms with E-state index in [4.69, 9.17) is 16.7 Å². The maximum Gasteiger partial charge on any atom is 0.223 e. The second-order valence-corrected chi connectivity index (χ2v) is 9.47. The fourth-order valence-corrected chi connectivity index (χ4v) is 4.72. The van der Waals surface area contributed by atoms with Crippen molar-refractivity contribution in [1.82, 2.24) is 19.9 Å². The molecule has 0 radical (unpaired) electrons. The fraction of sp³-hybridized carbons (Fsp3) is 0.296. The Morgan fingerprint density at radius 2 is 1.82 bits per heavy atom. The molecule has 1 N–H and O–H groups in total. The number of hydrogen-bond acceptors (Lipinski definition) is 4. The third-order valence-electron chi connectivity index (χ3n) is 6.42. The molecule has 174 valence electrons. The number of fused-ring (bicyclic) bond motifs is 1. The number of carbonyl (C=O) groups excluding carboxylic acids is 1. The lowest BCUT2D eigenvalue weighted by Crippen LogP contribution is -2.41. The average molecular weight is 474 g/mol. The van der Waals surface area contributed by atoms with Gasteiger partial charge in [-0.05, 0) is 44.4 Å². The second-order valence-electron chi connectivity index (χ2n) is 9.03. The molecule has 4 aromatic rings. The molecule has 1 amide bonds. The minimum atomic E-state index is 0.0294. The van der Waals surface area contributed by atoms with E-state index in [0.29, 0.717) is 11.6 Å². The first kappa shape index (κ1) is 22.4. The van der Waals surface area contributed by atoms with Gasteiger partial charge < -0.3 is 10.2 Å². The molecule has 3 heterocycles. The Hall–Kier alpha value is -3.38. The highest BCUT2D eigenvalue weighted by molar-refractivity contribution is 6.30. The van der Waals surface area contributed by atoms with Crippen LogP contribution < -0.4 is 10.2 Å². The molecule has 5 rings (SSSR count). The average Bonchev–Trinajstić information content (AvgIpc) is 3.26. The molecule has 0 bridgehead atoms. The Balaban J connectivity index is 1.28. The minimum Gasteiger partial charge on any atom is -0.356 e. The molecule has 0 atom stereocenters. The van der Waals surface area contributed by atoms with Crippen molar-refractivity contribution in [3.8, 4) is 11.3 Å². The minimum absolute atomic E-state index is 0.0294. The highest BCUT2D eigenvalue weighted by Gasteiger charge is 2.26. The Bertz CT molecular complexity index is 1320. The van der Waals surface area contributed by atoms with E-state index in [9.17, 15) is 4.79 Å². The normalized spacial score (nSPS) is 14.5. The van der Waals surface area contributed by atoms with Gasteiger partial charge >= 0.3 is 0 Å². The molecule has 6 nitrogen and oxygen atoms in total. The highest BCUT2D eigenvalue weighted by atomic mass is 35.5. The summed E-state index contributed by atoms with van der Waals surface area (Å²) in [6.45, 7) is 6.25. The van der Waals surface area contributed by atoms with Gasteiger partial charge in [-0.1, -0.05) is 53.6 Å². The topological polar surface area (TPSA) is 62.5 Å². The second kappa shape index (κ2) is 9.47. The number of anilines is 1. The zero-order chi connectivity index (χ0) is 23.7. The van der Waals surface area contributed by atoms with Crippen molar-refractivity contribution in [2.24, 2.45) is 5.92 Å². The van der Waals surface area contributed by atoms with E-state index >= 15 is 0 Å². The Morgan fingerprint density at radius 3 is 2.56 bits per heavy atom. The van der Waals surface area contributed by atoms with Gasteiger partial charge in [0.25, 0.3) is 0 Å². The van der Waals surface area contributed by atoms with E-state index in [0.717, 1.165) is 59.9 Å². The van der Waals surface area contributed by atoms with Crippen LogP contribution in [-0.4, -0.2) is 33.6 Å². The first-order valence-electron chi connectivity index (χ1n) is 11.7. The summed E-state index contributed by atoms with van der Waals surface area (Å²) in [6, 6.07) is 20.0. The molecule has 7 heteroatoms. The molecular weight excluding hydrogens is 446 g/mol. The molecule has 2 aromatic heterocycles. The maximum atomic E-state index is 12.8. The van der Waals surface area contributed by atoms with Crippen LogP contribution in [0.25, 0.3) is 16.9 Å². The summed E-state index contributed by atoms with van der Waals surface area (Å²) < 4.78 is 1.91. The van der Waals surface area contributed by atoms with E-state index in [1.807, 2.05) is 47.8 Å². The number of benzene rings is 2. The zero-order valence-electron chi connectivity index (χ0n) is 19.5. The molecule has 1 aliphatic heterocycles. The highest BCUT2D eigenvalue weighted by Crippen LogP contribution is 2.27. The third-order valence-corrected chi connectivity index (χ3v) is 6.67. The van der Waals surface area contributed by atoms with Gasteiger partial charge in [-0.2, -0.15) is 9.61 Å². The van der Waals surface area contributed by atoms with Gasteiger partial charge in [0.05, 0.1) is 5.69 Å². The van der Waals surface area contributed by atoms with Gasteiger partial charge in [0.1, 0.15) is 5.82 Å². The van der Waals surface area contributed by atoms with Crippen molar-refractivity contribution in [2.45, 2.75) is 33.2 Å². The van der Waals surface area contributed by atoms with Crippen molar-refractivity contribution < 1.29 is 4.79 Å². The van der Waals surface area contributed by atoms with Crippen molar-refractivity contribution >= 4 is 29.0 Å². The van der Waals surface area contributed by atoms with E-state index < -0.39 is 0 Å². The van der Waals surface area contributed by atoms with Gasteiger partial charge in [0.15, 0.2) is 5.65 Å². The Labute approximate surface area is 204 Å². The van der Waals surface area contributed by atoms with Gasteiger partial charge in [-0.15, -0.1) is 0 Å². The van der Waals surface area contributed by atoms with E-state index in [2.05, 4.69) is 46.4 Å². The number of piperidine rings is 1. The number of hydrogen-bond donors (Lipinski definition) is 1. The van der Waals surface area contributed by atoms with Gasteiger partial charge in [0.2, 0.25) is 5.91 Å². The number of aryl methyl sites for hydroxylation is 2. The van der Waals surface area contributed by atoms with Crippen LogP contribution in [0.3, 0.4) is 0 Å². The van der Waals surface area contributed by atoms with Crippen molar-refractivity contribution in [3.63, 3.8) is 0 Å². The third kappa shape index (κ3) is 4.77. The monoisotopic (exact) mass is 473 g/mol. The molecule has 0 saturated carbocycles. The molecule has 1 aliphatic rings. The van der Waals surface area contributed by atoms with Crippen LogP contribution in [0.15, 0.2) is 60.7 Å². The largest absolute Gasteiger partial charge is 0.356 e. The Kier molecular flexibility index (Phi) is 6.24. The first-order valence-corrected chi connectivity index (χ1v) is 12.1. The van der Waals surface area contributed by atoms with Crippen molar-refractivity contribution in [3.05, 3.63) is 82.5 Å². The predicted molar refractivity (Wildman–Crippen MR) is 136 cm³/mol. The van der Waals surface area contributed by atoms with Crippen LogP contribution in [0.5, 0.6) is 0 Å². The summed E-state index contributed by atoms with van der Waals surface area (Å²) in [5, 5.41) is 8.67. The molecule has 0 aliphatic carbocycles. The predicted octanol–water partition coefficient (Wildman–Crippen LogP) is 5.20. The van der Waals surface area contributed by atoms with Crippen LogP contribution in [0.2, 0.25) is 5.02 Å². The quantitative estimate of drug-likeness (QED) is 0.432. The molecular formula is C27H28ClN5O. The van der Waals surface area contributed by atoms with Crippen LogP contribution in [0.1, 0.15) is 29.7 Å². The lowest BCUT2D eigenvalue weighted by atomic mass is 9.95. The van der Waals surface area contributed by atoms with Gasteiger partial charge in [-0.25, -0.2) is 4.98 Å². The molecule has 1 saturated heterocycles. The molecule has 0 spiro atoms.